The lowest BCUT2D eigenvalue weighted by molar-refractivity contribution is -0.112. The fourth-order valence-electron chi connectivity index (χ4n) is 2.12. The number of aliphatic imine (C=N–C) groups is 1. The van der Waals surface area contributed by atoms with Crippen molar-refractivity contribution in [3.05, 3.63) is 35.9 Å². The highest BCUT2D eigenvalue weighted by Crippen LogP contribution is 2.26. The van der Waals surface area contributed by atoms with Crippen molar-refractivity contribution < 1.29 is 4.79 Å². The fraction of sp³-hybridized carbons (Fsp3) is 0.308. The first-order valence-corrected chi connectivity index (χ1v) is 5.85. The van der Waals surface area contributed by atoms with Gasteiger partial charge in [0.05, 0.1) is 0 Å². The summed E-state index contributed by atoms with van der Waals surface area (Å²) < 4.78 is 0. The number of amidine groups is 1. The van der Waals surface area contributed by atoms with E-state index in [-0.39, 0.29) is 5.84 Å². The lowest BCUT2D eigenvalue weighted by Crippen LogP contribution is -2.25. The summed E-state index contributed by atoms with van der Waals surface area (Å²) in [6.07, 6.45) is 1.01. The first-order valence-electron chi connectivity index (χ1n) is 5.85. The van der Waals surface area contributed by atoms with E-state index in [9.17, 15) is 4.79 Å². The number of hydrogen-bond acceptors (Lipinski definition) is 3. The normalized spacial score (nSPS) is 19.9. The molecule has 1 amide bonds. The van der Waals surface area contributed by atoms with Crippen LogP contribution < -0.4 is 5.73 Å². The van der Waals surface area contributed by atoms with Gasteiger partial charge in [-0.1, -0.05) is 30.3 Å². The Hall–Kier alpha value is -2.17. The number of rotatable bonds is 2. The van der Waals surface area contributed by atoms with Crippen molar-refractivity contribution in [2.24, 2.45) is 15.8 Å². The van der Waals surface area contributed by atoms with Gasteiger partial charge in [0.2, 0.25) is 5.84 Å². The molecule has 5 nitrogen and oxygen atoms in total. The largest absolute Gasteiger partial charge is 0.363 e. The molecular formula is C13H16N4O. The Balaban J connectivity index is 2.05. The van der Waals surface area contributed by atoms with Gasteiger partial charge in [0, 0.05) is 19.0 Å². The number of benzene rings is 1. The summed E-state index contributed by atoms with van der Waals surface area (Å²) in [5.74, 6) is -0.231. The van der Waals surface area contributed by atoms with E-state index < -0.39 is 5.91 Å². The Kier molecular flexibility index (Phi) is 3.72. The van der Waals surface area contributed by atoms with Crippen LogP contribution in [0.5, 0.6) is 0 Å². The van der Waals surface area contributed by atoms with Gasteiger partial charge in [-0.2, -0.15) is 5.10 Å². The summed E-state index contributed by atoms with van der Waals surface area (Å²) in [5, 5.41) is 5.94. The molecule has 2 rings (SSSR count). The molecule has 94 valence electrons. The third-order valence-electron chi connectivity index (χ3n) is 3.04. The van der Waals surface area contributed by atoms with Crippen LogP contribution in [0.2, 0.25) is 0 Å². The van der Waals surface area contributed by atoms with Crippen LogP contribution in [-0.2, 0) is 4.79 Å². The van der Waals surface area contributed by atoms with E-state index in [0.717, 1.165) is 19.5 Å². The number of primary amides is 1. The number of hydrazone groups is 1. The van der Waals surface area contributed by atoms with E-state index in [0.29, 0.717) is 5.92 Å². The van der Waals surface area contributed by atoms with Crippen molar-refractivity contribution in [2.45, 2.75) is 12.3 Å². The number of amides is 1. The van der Waals surface area contributed by atoms with Gasteiger partial charge in [-0.05, 0) is 18.7 Å². The summed E-state index contributed by atoms with van der Waals surface area (Å²) in [5.41, 5.74) is 6.43. The number of carbonyl (C=O) groups is 1. The van der Waals surface area contributed by atoms with Gasteiger partial charge < -0.3 is 5.73 Å². The molecule has 0 saturated carbocycles. The fourth-order valence-corrected chi connectivity index (χ4v) is 2.12. The maximum absolute atomic E-state index is 11.0. The molecule has 0 radical (unpaired) electrons. The molecule has 1 aliphatic heterocycles. The van der Waals surface area contributed by atoms with Crippen LogP contribution in [-0.4, -0.2) is 36.6 Å². The minimum absolute atomic E-state index is 0.0243. The molecule has 2 N–H and O–H groups in total. The van der Waals surface area contributed by atoms with Crippen LogP contribution >= 0.6 is 0 Å². The van der Waals surface area contributed by atoms with Crippen LogP contribution in [0.15, 0.2) is 40.4 Å². The minimum Gasteiger partial charge on any atom is -0.363 e. The Labute approximate surface area is 106 Å². The van der Waals surface area contributed by atoms with Gasteiger partial charge in [-0.25, -0.2) is 4.99 Å². The van der Waals surface area contributed by atoms with Crippen molar-refractivity contribution in [3.8, 4) is 0 Å². The Bertz CT molecular complexity index is 469. The van der Waals surface area contributed by atoms with E-state index in [1.54, 1.807) is 0 Å². The maximum atomic E-state index is 11.0. The second-order valence-electron chi connectivity index (χ2n) is 4.25. The van der Waals surface area contributed by atoms with Crippen LogP contribution in [0.1, 0.15) is 17.9 Å². The summed E-state index contributed by atoms with van der Waals surface area (Å²) in [6.45, 7) is 4.86. The molecule has 1 saturated heterocycles. The van der Waals surface area contributed by atoms with Gasteiger partial charge in [-0.15, -0.1) is 0 Å². The van der Waals surface area contributed by atoms with Gasteiger partial charge in [-0.3, -0.25) is 9.80 Å². The van der Waals surface area contributed by atoms with Gasteiger partial charge in [0.1, 0.15) is 0 Å². The second kappa shape index (κ2) is 5.44. The minimum atomic E-state index is -0.645. The van der Waals surface area contributed by atoms with E-state index in [1.807, 2.05) is 23.2 Å². The monoisotopic (exact) mass is 244 g/mol. The van der Waals surface area contributed by atoms with Crippen LogP contribution in [0.25, 0.3) is 0 Å². The molecule has 1 fully saturated rings. The van der Waals surface area contributed by atoms with E-state index >= 15 is 0 Å². The van der Waals surface area contributed by atoms with Crippen LogP contribution in [0.3, 0.4) is 0 Å². The first kappa shape index (κ1) is 12.3. The van der Waals surface area contributed by atoms with Gasteiger partial charge in [0.15, 0.2) is 0 Å². The second-order valence-corrected chi connectivity index (χ2v) is 4.25. The van der Waals surface area contributed by atoms with Crippen molar-refractivity contribution in [2.75, 3.05) is 13.1 Å². The average molecular weight is 244 g/mol. The number of carbonyl (C=O) groups excluding carboxylic acids is 1. The lowest BCUT2D eigenvalue weighted by Gasteiger charge is -2.12. The molecule has 1 aromatic rings. The van der Waals surface area contributed by atoms with E-state index in [2.05, 4.69) is 28.9 Å². The summed E-state index contributed by atoms with van der Waals surface area (Å²) in [4.78, 5) is 14.5. The number of nitrogens with zero attached hydrogens (tertiary/aromatic N) is 3. The van der Waals surface area contributed by atoms with E-state index in [4.69, 9.17) is 5.73 Å². The number of nitrogens with two attached hydrogens (primary N) is 1. The third-order valence-corrected chi connectivity index (χ3v) is 3.04. The number of hydrogen-bond donors (Lipinski definition) is 1. The molecule has 0 bridgehead atoms. The van der Waals surface area contributed by atoms with Crippen molar-refractivity contribution in [3.63, 3.8) is 0 Å². The van der Waals surface area contributed by atoms with Crippen molar-refractivity contribution in [1.82, 2.24) is 5.01 Å². The standard InChI is InChI=1S/C13H16N4O/c1-15-13(12(14)18)16-17-8-7-11(9-17)10-5-3-2-4-6-10/h2-6,11H,1,7-9H2,(H2,14,18)/b16-13-. The predicted octanol–water partition coefficient (Wildman–Crippen LogP) is 0.975. The van der Waals surface area contributed by atoms with Crippen molar-refractivity contribution >= 4 is 18.5 Å². The third kappa shape index (κ3) is 2.74. The van der Waals surface area contributed by atoms with Gasteiger partial charge >= 0.3 is 0 Å². The Morgan fingerprint density at radius 3 is 2.72 bits per heavy atom. The zero-order valence-corrected chi connectivity index (χ0v) is 10.1. The molecule has 1 aromatic carbocycles. The lowest BCUT2D eigenvalue weighted by atomic mass is 9.99. The average Bonchev–Trinajstić information content (AvgIpc) is 2.85. The highest BCUT2D eigenvalue weighted by atomic mass is 16.1. The zero-order chi connectivity index (χ0) is 13.0. The molecular weight excluding hydrogens is 228 g/mol. The molecule has 0 aliphatic carbocycles. The maximum Gasteiger partial charge on any atom is 0.288 e. The molecule has 1 unspecified atom stereocenters. The van der Waals surface area contributed by atoms with Crippen molar-refractivity contribution in [1.29, 1.82) is 0 Å². The van der Waals surface area contributed by atoms with Gasteiger partial charge in [0.25, 0.3) is 5.91 Å². The van der Waals surface area contributed by atoms with Crippen LogP contribution in [0.4, 0.5) is 0 Å². The molecule has 1 aliphatic rings. The topological polar surface area (TPSA) is 71.1 Å². The highest BCUT2D eigenvalue weighted by Gasteiger charge is 2.23. The molecule has 0 aromatic heterocycles. The van der Waals surface area contributed by atoms with Crippen LogP contribution in [0, 0.1) is 0 Å². The smallest absolute Gasteiger partial charge is 0.288 e. The highest BCUT2D eigenvalue weighted by molar-refractivity contribution is 6.38. The molecule has 1 atom stereocenters. The molecule has 5 heteroatoms. The predicted molar refractivity (Wildman–Crippen MR) is 71.6 cm³/mol. The SMILES string of the molecule is C=N/C(=N\N1CCC(c2ccccc2)C1)C(N)=O. The zero-order valence-electron chi connectivity index (χ0n) is 10.1. The Morgan fingerprint density at radius 1 is 1.39 bits per heavy atom. The summed E-state index contributed by atoms with van der Waals surface area (Å²) in [7, 11) is 0. The van der Waals surface area contributed by atoms with E-state index in [1.165, 1.54) is 5.56 Å². The molecule has 18 heavy (non-hydrogen) atoms. The first-order chi connectivity index (χ1) is 8.70. The summed E-state index contributed by atoms with van der Waals surface area (Å²) >= 11 is 0. The Morgan fingerprint density at radius 2 is 2.11 bits per heavy atom. The molecule has 0 spiro atoms. The molecule has 1 heterocycles. The summed E-state index contributed by atoms with van der Waals surface area (Å²) in [6, 6.07) is 10.3. The quantitative estimate of drug-likeness (QED) is 0.622.